The van der Waals surface area contributed by atoms with Gasteiger partial charge in [0, 0.05) is 11.1 Å². The number of aryl methyl sites for hydroxylation is 2. The third-order valence-electron chi connectivity index (χ3n) is 4.66. The standard InChI is InChI=1S/C24H22O4/c1-27-20-13-8-17(9-14-20)7-10-18-5-3-4-6-22(18)24(26)23(25)19-11-15-21(28-2)16-12-19/h3-6,8-9,11-16H,7,10H2,1-2H3. The highest BCUT2D eigenvalue weighted by molar-refractivity contribution is 6.49. The number of ketones is 2. The highest BCUT2D eigenvalue weighted by atomic mass is 16.5. The van der Waals surface area contributed by atoms with Crippen LogP contribution < -0.4 is 9.47 Å². The number of Topliss-reactive ketones (excluding diaryl/α,β-unsaturated/α-hetero) is 2. The van der Waals surface area contributed by atoms with Gasteiger partial charge in [-0.25, -0.2) is 0 Å². The molecule has 0 amide bonds. The molecule has 28 heavy (non-hydrogen) atoms. The Hall–Kier alpha value is -3.40. The molecule has 3 aromatic carbocycles. The fourth-order valence-electron chi connectivity index (χ4n) is 3.03. The fraction of sp³-hybridized carbons (Fsp3) is 0.167. The molecule has 0 radical (unpaired) electrons. The van der Waals surface area contributed by atoms with Crippen molar-refractivity contribution in [1.29, 1.82) is 0 Å². The second-order valence-electron chi connectivity index (χ2n) is 6.39. The van der Waals surface area contributed by atoms with Crippen LogP contribution in [0.3, 0.4) is 0 Å². The number of hydrogen-bond donors (Lipinski definition) is 0. The molecule has 0 aliphatic rings. The number of benzene rings is 3. The Morgan fingerprint density at radius 3 is 1.86 bits per heavy atom. The zero-order valence-corrected chi connectivity index (χ0v) is 16.0. The second kappa shape index (κ2) is 9.00. The van der Waals surface area contributed by atoms with Gasteiger partial charge in [0.2, 0.25) is 11.6 Å². The monoisotopic (exact) mass is 374 g/mol. The van der Waals surface area contributed by atoms with Crippen LogP contribution >= 0.6 is 0 Å². The lowest BCUT2D eigenvalue weighted by Gasteiger charge is -2.09. The lowest BCUT2D eigenvalue weighted by molar-refractivity contribution is 0.0816. The van der Waals surface area contributed by atoms with E-state index in [1.165, 1.54) is 0 Å². The van der Waals surface area contributed by atoms with Gasteiger partial charge in [-0.15, -0.1) is 0 Å². The van der Waals surface area contributed by atoms with E-state index >= 15 is 0 Å². The van der Waals surface area contributed by atoms with Crippen LogP contribution in [0.1, 0.15) is 31.8 Å². The van der Waals surface area contributed by atoms with E-state index in [1.54, 1.807) is 50.6 Å². The maximum atomic E-state index is 12.8. The Bertz CT molecular complexity index is 957. The van der Waals surface area contributed by atoms with Crippen LogP contribution in [0, 0.1) is 0 Å². The van der Waals surface area contributed by atoms with Crippen molar-refractivity contribution in [2.24, 2.45) is 0 Å². The molecule has 0 N–H and O–H groups in total. The summed E-state index contributed by atoms with van der Waals surface area (Å²) >= 11 is 0. The van der Waals surface area contributed by atoms with Crippen molar-refractivity contribution >= 4 is 11.6 Å². The van der Waals surface area contributed by atoms with E-state index in [1.807, 2.05) is 36.4 Å². The number of hydrogen-bond acceptors (Lipinski definition) is 4. The van der Waals surface area contributed by atoms with Crippen molar-refractivity contribution in [2.45, 2.75) is 12.8 Å². The summed E-state index contributed by atoms with van der Waals surface area (Å²) in [5.41, 5.74) is 2.82. The average molecular weight is 374 g/mol. The van der Waals surface area contributed by atoms with Gasteiger partial charge in [-0.3, -0.25) is 9.59 Å². The minimum Gasteiger partial charge on any atom is -0.497 e. The molecular formula is C24H22O4. The predicted octanol–water partition coefficient (Wildman–Crippen LogP) is 4.55. The van der Waals surface area contributed by atoms with Crippen LogP contribution in [0.2, 0.25) is 0 Å². The largest absolute Gasteiger partial charge is 0.497 e. The highest BCUT2D eigenvalue weighted by Gasteiger charge is 2.20. The number of carbonyl (C=O) groups excluding carboxylic acids is 2. The van der Waals surface area contributed by atoms with Crippen LogP contribution in [-0.2, 0) is 12.8 Å². The van der Waals surface area contributed by atoms with Crippen molar-refractivity contribution in [3.05, 3.63) is 95.1 Å². The minimum atomic E-state index is -0.514. The van der Waals surface area contributed by atoms with Crippen molar-refractivity contribution in [2.75, 3.05) is 14.2 Å². The zero-order chi connectivity index (χ0) is 19.9. The summed E-state index contributed by atoms with van der Waals surface area (Å²) in [4.78, 5) is 25.5. The van der Waals surface area contributed by atoms with Gasteiger partial charge in [0.25, 0.3) is 0 Å². The topological polar surface area (TPSA) is 52.6 Å². The summed E-state index contributed by atoms with van der Waals surface area (Å²) in [5.74, 6) is 0.448. The van der Waals surface area contributed by atoms with E-state index in [-0.39, 0.29) is 0 Å². The van der Waals surface area contributed by atoms with Crippen molar-refractivity contribution in [1.82, 2.24) is 0 Å². The molecule has 0 spiro atoms. The Kier molecular flexibility index (Phi) is 6.22. The van der Waals surface area contributed by atoms with Gasteiger partial charge in [0.05, 0.1) is 14.2 Å². The van der Waals surface area contributed by atoms with Crippen molar-refractivity contribution < 1.29 is 19.1 Å². The SMILES string of the molecule is COc1ccc(CCc2ccccc2C(=O)C(=O)c2ccc(OC)cc2)cc1. The molecule has 0 saturated carbocycles. The van der Waals surface area contributed by atoms with Crippen LogP contribution in [0.4, 0.5) is 0 Å². The molecule has 4 nitrogen and oxygen atoms in total. The summed E-state index contributed by atoms with van der Waals surface area (Å²) in [5, 5.41) is 0. The molecule has 0 saturated heterocycles. The number of carbonyl (C=O) groups is 2. The quantitative estimate of drug-likeness (QED) is 0.429. The molecule has 0 unspecified atom stereocenters. The van der Waals surface area contributed by atoms with Crippen molar-refractivity contribution in [3.63, 3.8) is 0 Å². The second-order valence-corrected chi connectivity index (χ2v) is 6.39. The van der Waals surface area contributed by atoms with Crippen LogP contribution in [0.15, 0.2) is 72.8 Å². The molecule has 3 rings (SSSR count). The average Bonchev–Trinajstić information content (AvgIpc) is 2.77. The van der Waals surface area contributed by atoms with Gasteiger partial charge in [0.15, 0.2) is 0 Å². The van der Waals surface area contributed by atoms with Gasteiger partial charge in [-0.05, 0) is 60.4 Å². The van der Waals surface area contributed by atoms with E-state index < -0.39 is 11.6 Å². The zero-order valence-electron chi connectivity index (χ0n) is 16.0. The van der Waals surface area contributed by atoms with E-state index in [2.05, 4.69) is 0 Å². The summed E-state index contributed by atoms with van der Waals surface area (Å²) in [6.45, 7) is 0. The third kappa shape index (κ3) is 4.46. The molecule has 0 aliphatic carbocycles. The molecule has 0 aromatic heterocycles. The molecule has 0 bridgehead atoms. The summed E-state index contributed by atoms with van der Waals surface area (Å²) in [6.07, 6.45) is 1.44. The van der Waals surface area contributed by atoms with Gasteiger partial charge in [-0.1, -0.05) is 36.4 Å². The smallest absolute Gasteiger partial charge is 0.233 e. The summed E-state index contributed by atoms with van der Waals surface area (Å²) < 4.78 is 10.3. The van der Waals surface area contributed by atoms with Gasteiger partial charge in [-0.2, -0.15) is 0 Å². The fourth-order valence-corrected chi connectivity index (χ4v) is 3.03. The van der Waals surface area contributed by atoms with Crippen molar-refractivity contribution in [3.8, 4) is 11.5 Å². The van der Waals surface area contributed by atoms with Gasteiger partial charge >= 0.3 is 0 Å². The molecule has 4 heteroatoms. The minimum absolute atomic E-state index is 0.357. The Morgan fingerprint density at radius 2 is 1.25 bits per heavy atom. The first-order chi connectivity index (χ1) is 13.6. The van der Waals surface area contributed by atoms with E-state index in [0.717, 1.165) is 23.3 Å². The van der Waals surface area contributed by atoms with E-state index in [0.29, 0.717) is 23.3 Å². The van der Waals surface area contributed by atoms with Gasteiger partial charge < -0.3 is 9.47 Å². The van der Waals surface area contributed by atoms with E-state index in [4.69, 9.17) is 9.47 Å². The lowest BCUT2D eigenvalue weighted by atomic mass is 9.94. The first kappa shape index (κ1) is 19.4. The molecule has 0 fully saturated rings. The molecule has 0 aliphatic heterocycles. The Balaban J connectivity index is 1.76. The molecule has 3 aromatic rings. The highest BCUT2D eigenvalue weighted by Crippen LogP contribution is 2.18. The predicted molar refractivity (Wildman–Crippen MR) is 108 cm³/mol. The van der Waals surface area contributed by atoms with Crippen LogP contribution in [0.5, 0.6) is 11.5 Å². The Labute approximate surface area is 164 Å². The van der Waals surface area contributed by atoms with E-state index in [9.17, 15) is 9.59 Å². The normalized spacial score (nSPS) is 10.4. The van der Waals surface area contributed by atoms with Crippen LogP contribution in [-0.4, -0.2) is 25.8 Å². The van der Waals surface area contributed by atoms with Gasteiger partial charge in [0.1, 0.15) is 11.5 Å². The number of methoxy groups -OCH3 is 2. The summed E-state index contributed by atoms with van der Waals surface area (Å²) in [7, 11) is 3.19. The molecular weight excluding hydrogens is 352 g/mol. The lowest BCUT2D eigenvalue weighted by Crippen LogP contribution is -2.16. The number of rotatable bonds is 8. The molecule has 142 valence electrons. The molecule has 0 heterocycles. The maximum Gasteiger partial charge on any atom is 0.233 e. The first-order valence-electron chi connectivity index (χ1n) is 9.06. The third-order valence-corrected chi connectivity index (χ3v) is 4.66. The Morgan fingerprint density at radius 1 is 0.679 bits per heavy atom. The molecule has 0 atom stereocenters. The number of ether oxygens (including phenoxy) is 2. The first-order valence-corrected chi connectivity index (χ1v) is 9.06. The summed E-state index contributed by atoms with van der Waals surface area (Å²) in [6, 6.07) is 21.7. The maximum absolute atomic E-state index is 12.8. The van der Waals surface area contributed by atoms with Crippen LogP contribution in [0.25, 0.3) is 0 Å².